The lowest BCUT2D eigenvalue weighted by Gasteiger charge is -2.18. The van der Waals surface area contributed by atoms with Crippen molar-refractivity contribution >= 4 is 145 Å². The zero-order valence-corrected chi connectivity index (χ0v) is 77.4. The lowest BCUT2D eigenvalue weighted by molar-refractivity contribution is -0.388. The molecule has 0 unspecified atom stereocenters. The van der Waals surface area contributed by atoms with Gasteiger partial charge >= 0.3 is 35.0 Å². The number of nitrogens with two attached hydrogens (primary N) is 3. The number of aromatic nitrogens is 6. The summed E-state index contributed by atoms with van der Waals surface area (Å²) in [5, 5.41) is 101. The zero-order valence-electron chi connectivity index (χ0n) is 75.8. The van der Waals surface area contributed by atoms with Crippen molar-refractivity contribution in [2.75, 3.05) is 72.2 Å². The Morgan fingerprint density at radius 3 is 1.24 bits per heavy atom. The molecule has 0 bridgehead atoms. The van der Waals surface area contributed by atoms with Gasteiger partial charge in [0.05, 0.1) is 31.5 Å². The molecule has 3 aromatic heterocycles. The fourth-order valence-electron chi connectivity index (χ4n) is 13.9. The van der Waals surface area contributed by atoms with E-state index >= 15 is 0 Å². The Morgan fingerprint density at radius 1 is 0.483 bits per heavy atom. The number of alkyl halides is 1. The van der Waals surface area contributed by atoms with Crippen LogP contribution in [0.4, 0.5) is 81.2 Å². The number of rotatable bonds is 37. The number of para-hydroxylation sites is 3. The van der Waals surface area contributed by atoms with Crippen molar-refractivity contribution in [1.82, 2.24) is 40.3 Å². The number of halogens is 5. The van der Waals surface area contributed by atoms with Crippen LogP contribution in [0.15, 0.2) is 218 Å². The second kappa shape index (κ2) is 53.0. The Bertz CT molecular complexity index is 7030. The summed E-state index contributed by atoms with van der Waals surface area (Å²) in [5.41, 5.74) is 14.0. The fraction of sp³-hybridized carbons (Fsp3) is 0.219. The predicted octanol–water partition coefficient (Wildman–Crippen LogP) is 17.6. The molecule has 7 aromatic carbocycles. The lowest BCUT2D eigenvalue weighted by atomic mass is 9.89. The van der Waals surface area contributed by atoms with Crippen LogP contribution in [0.25, 0.3) is 66.8 Å². The molecule has 143 heavy (non-hydrogen) atoms. The van der Waals surface area contributed by atoms with Crippen LogP contribution in [0.2, 0.25) is 0 Å². The Balaban J connectivity index is 0.000000202. The van der Waals surface area contributed by atoms with Gasteiger partial charge in [0.15, 0.2) is 39.8 Å². The number of unbranched alkanes of at least 4 members (excludes halogenated alkanes) is 9. The van der Waals surface area contributed by atoms with Crippen LogP contribution in [0.3, 0.4) is 0 Å². The third-order valence-corrected chi connectivity index (χ3v) is 21.3. The molecule has 47 heteroatoms. The van der Waals surface area contributed by atoms with Gasteiger partial charge in [0.25, 0.3) is 17.7 Å². The van der Waals surface area contributed by atoms with Crippen LogP contribution >= 0.6 is 23.4 Å². The standard InChI is InChI=1S/C37H30F2N6O8.C25H13F2NO9.C16H22N6O2.C11H7N5O2S.C6H16N2.CH3Cl/c38-26-15-24-31(17-29(26)46)53-32-18-30(47)27(39)16-25(32)33(24)22-11-10-20(14-23(22)36(49)50)35(48)41-13-7-2-1-6-12-40-34-28(45(51)52)19-42-37(44-34)43-21-8-4-3-5-9-21;26-15-6-13-19(8-17(15)29)36-20-9-18(30)16(27)7-14(20)23(13)11-2-1-10(5-12(11)24(33)34)25(35)37-28-21(31)3-4-22(28)32;17-10-6-1-2-7-11-18-15-14(22(23)24)12-19-16(21-15)20-13-8-4-3-5-9-13;12-7-19-10-9(16(17)18)6-13-11(15-10)14-8-4-2-1-3-5-8;7-5-3-1-2-4-6-8;1-2/h3-5,8-11,14-19,46H,1-2,6-7,12-13H2,(H,41,48)(H,49,50)(H2,40,42,43,44);1-2,5-9,29H,3-4H2,(H,33,34);3-5,8-9,12H,1-2,6-7,10-11,17H2,(H2,18,19,20,21);1-6H,(H,13,14,15);1-8H2;1H3. The fourth-order valence-corrected chi connectivity index (χ4v) is 14.4. The van der Waals surface area contributed by atoms with Gasteiger partial charge in [-0.2, -0.15) is 20.2 Å². The van der Waals surface area contributed by atoms with Gasteiger partial charge < -0.3 is 83.2 Å². The number of amides is 3. The number of hydrogen-bond acceptors (Lipinski definition) is 35. The summed E-state index contributed by atoms with van der Waals surface area (Å²) >= 11 is 5.27. The van der Waals surface area contributed by atoms with Crippen LogP contribution in [0.1, 0.15) is 131 Å². The number of benzene rings is 9. The summed E-state index contributed by atoms with van der Waals surface area (Å²) in [6, 6.07) is 41.7. The molecule has 6 heterocycles. The Hall–Kier alpha value is -17.3. The Kier molecular flexibility index (Phi) is 40.0. The van der Waals surface area contributed by atoms with Gasteiger partial charge in [-0.05, 0) is 154 Å². The first-order chi connectivity index (χ1) is 68.9. The average Bonchev–Trinajstić information content (AvgIpc) is 1.57. The number of aromatic hydroxyl groups is 2. The summed E-state index contributed by atoms with van der Waals surface area (Å²) < 4.78 is 68.8. The number of hydroxylamine groups is 2. The summed E-state index contributed by atoms with van der Waals surface area (Å²) in [4.78, 5) is 158. The Morgan fingerprint density at radius 2 is 0.853 bits per heavy atom. The molecule has 15 rings (SSSR count). The van der Waals surface area contributed by atoms with Crippen LogP contribution < -0.4 is 60.0 Å². The molecule has 16 N–H and O–H groups in total. The molecule has 0 atom stereocenters. The molecule has 41 nitrogen and oxygen atoms in total. The van der Waals surface area contributed by atoms with Crippen molar-refractivity contribution in [1.29, 1.82) is 5.26 Å². The van der Waals surface area contributed by atoms with Gasteiger partial charge in [-0.15, -0.1) is 16.7 Å². The highest BCUT2D eigenvalue weighted by Gasteiger charge is 2.35. The van der Waals surface area contributed by atoms with Gasteiger partial charge in [-0.3, -0.25) is 54.3 Å². The highest BCUT2D eigenvalue weighted by molar-refractivity contribution is 8.03. The number of phenolic OH excluding ortho intramolecular Hbond substituents is 2. The van der Waals surface area contributed by atoms with Gasteiger partial charge in [-0.1, -0.05) is 105 Å². The number of carboxylic acids is 2. The van der Waals surface area contributed by atoms with Crippen LogP contribution in [-0.4, -0.2) is 151 Å². The molecule has 1 saturated heterocycles. The summed E-state index contributed by atoms with van der Waals surface area (Å²) in [6.07, 6.45) is 16.1. The largest absolute Gasteiger partial charge is 0.505 e. The van der Waals surface area contributed by atoms with E-state index in [-0.39, 0.29) is 149 Å². The van der Waals surface area contributed by atoms with Crippen LogP contribution in [0.5, 0.6) is 11.5 Å². The van der Waals surface area contributed by atoms with E-state index in [2.05, 4.69) is 73.4 Å². The van der Waals surface area contributed by atoms with Crippen molar-refractivity contribution in [2.24, 2.45) is 17.2 Å². The minimum Gasteiger partial charge on any atom is -0.505 e. The molecular weight excluding hydrogens is 1910 g/mol. The molecule has 2 aliphatic carbocycles. The molecular formula is C96H91ClF4N20O21S. The number of phenols is 2. The monoisotopic (exact) mass is 2000 g/mol. The van der Waals surface area contributed by atoms with Crippen molar-refractivity contribution in [2.45, 2.75) is 94.9 Å². The molecule has 0 spiro atoms. The molecule has 0 saturated carbocycles. The number of thiocyanates is 1. The van der Waals surface area contributed by atoms with E-state index < -0.39 is 102 Å². The molecule has 742 valence electrons. The number of fused-ring (bicyclic) bond motifs is 4. The van der Waals surface area contributed by atoms with Crippen molar-refractivity contribution in [3.63, 3.8) is 0 Å². The van der Waals surface area contributed by atoms with Crippen molar-refractivity contribution < 1.29 is 95.2 Å². The quantitative estimate of drug-likeness (QED) is 0.00164. The van der Waals surface area contributed by atoms with Gasteiger partial charge in [0.1, 0.15) is 46.7 Å². The summed E-state index contributed by atoms with van der Waals surface area (Å²) in [5.74, 6) is -11.4. The number of nitrogens with zero attached hydrogens (tertiary/aromatic N) is 11. The van der Waals surface area contributed by atoms with E-state index in [1.54, 1.807) is 5.40 Å². The van der Waals surface area contributed by atoms with E-state index in [1.807, 2.05) is 91.0 Å². The third kappa shape index (κ3) is 29.6. The zero-order chi connectivity index (χ0) is 103. The van der Waals surface area contributed by atoms with E-state index in [9.17, 15) is 107 Å². The van der Waals surface area contributed by atoms with Crippen molar-refractivity contribution in [3.05, 3.63) is 291 Å². The highest BCUT2D eigenvalue weighted by Crippen LogP contribution is 2.46. The Labute approximate surface area is 818 Å². The molecule has 3 amide bonds. The number of carbonyl (C=O) groups is 6. The molecule has 10 aromatic rings. The maximum Gasteiger partial charge on any atom is 0.363 e. The number of imide groups is 1. The van der Waals surface area contributed by atoms with Crippen molar-refractivity contribution in [3.8, 4) is 61.8 Å². The second-order valence-electron chi connectivity index (χ2n) is 30.6. The number of carbonyl (C=O) groups excluding carboxylic acids is 4. The molecule has 3 aliphatic heterocycles. The van der Waals surface area contributed by atoms with Gasteiger partial charge in [-0.25, -0.2) is 46.9 Å². The number of hydrogen-bond donors (Lipinski definition) is 13. The maximum atomic E-state index is 14.5. The first-order valence-corrected chi connectivity index (χ1v) is 45.3. The predicted molar refractivity (Wildman–Crippen MR) is 523 cm³/mol. The summed E-state index contributed by atoms with van der Waals surface area (Å²) in [7, 11) is 0. The first kappa shape index (κ1) is 108. The van der Waals surface area contributed by atoms with Gasteiger partial charge in [0.2, 0.25) is 40.3 Å². The van der Waals surface area contributed by atoms with Crippen LogP contribution in [-0.2, 0) is 14.4 Å². The van der Waals surface area contributed by atoms with E-state index in [0.29, 0.717) is 61.7 Å². The van der Waals surface area contributed by atoms with E-state index in [4.69, 9.17) is 36.1 Å². The number of nitriles is 1. The number of nitrogens with one attached hydrogen (secondary N) is 6. The second-order valence-corrected chi connectivity index (χ2v) is 31.4. The van der Waals surface area contributed by atoms with Crippen LogP contribution in [0, 0.1) is 64.3 Å². The highest BCUT2D eigenvalue weighted by atomic mass is 35.5. The maximum absolute atomic E-state index is 14.5. The number of aromatic carboxylic acids is 2. The number of nitro groups is 3. The number of anilines is 8. The average molecular weight is 2000 g/mol. The normalized spacial score (nSPS) is 11.2. The minimum atomic E-state index is -1.54. The molecule has 0 radical (unpaired) electrons. The smallest absolute Gasteiger partial charge is 0.363 e. The summed E-state index contributed by atoms with van der Waals surface area (Å²) in [6.45, 7) is 3.64. The van der Waals surface area contributed by atoms with E-state index in [1.165, 1.54) is 37.6 Å². The topological polar surface area (TPSA) is 637 Å². The lowest BCUT2D eigenvalue weighted by Crippen LogP contribution is -2.32. The van der Waals surface area contributed by atoms with E-state index in [0.717, 1.165) is 160 Å². The minimum absolute atomic E-state index is 0.000769. The number of carboxylic acid groups (broad SMARTS) is 2. The first-order valence-electron chi connectivity index (χ1n) is 43.7. The molecule has 5 aliphatic rings. The SMILES string of the molecule is CCl.N#CSc1nc(Nc2ccccc2)ncc1[N+](=O)[O-].NCCCCCCN.NCCCCCCNc1nc(Nc2ccccc2)ncc1[N+](=O)[O-].O=C(NCCCCCCNc1nc(Nc2ccccc2)ncc1[N+](=O)[O-])c1ccc(-c2c3cc(F)c(=O)cc-3oc3cc(O)c(F)cc23)c(C(=O)O)c1.O=C(ON1C(=O)CCC1=O)c1ccc(-c2c3cc(F)c(=O)cc-3oc3cc(O)c(F)cc23)c(C(=O)O)c1. The van der Waals surface area contributed by atoms with Gasteiger partial charge in [0, 0.05) is 131 Å². The number of thioether (sulfide) groups is 1. The third-order valence-electron chi connectivity index (χ3n) is 20.8. The molecule has 1 fully saturated rings.